The zero-order valence-corrected chi connectivity index (χ0v) is 11.6. The van der Waals surface area contributed by atoms with Gasteiger partial charge in [-0.2, -0.15) is 0 Å². The molecule has 1 rings (SSSR count). The van der Waals surface area contributed by atoms with Gasteiger partial charge in [0, 0.05) is 0 Å². The van der Waals surface area contributed by atoms with Gasteiger partial charge in [-0.15, -0.1) is 0 Å². The lowest BCUT2D eigenvalue weighted by Gasteiger charge is -2.20. The highest BCUT2D eigenvalue weighted by atomic mass is 19.1. The molecule has 0 aromatic heterocycles. The standard InChI is InChI=1S/C15H19F2N/c1-15(2,3)12-10-13(16)11(9-14(12)17)7-6-8-18(4)5/h9-10H,8H2,1-5H3. The van der Waals surface area contributed by atoms with Crippen molar-refractivity contribution in [2.75, 3.05) is 20.6 Å². The molecular weight excluding hydrogens is 232 g/mol. The van der Waals surface area contributed by atoms with E-state index in [0.717, 1.165) is 0 Å². The van der Waals surface area contributed by atoms with Crippen molar-refractivity contribution in [2.24, 2.45) is 0 Å². The van der Waals surface area contributed by atoms with Crippen molar-refractivity contribution in [3.05, 3.63) is 34.9 Å². The lowest BCUT2D eigenvalue weighted by molar-refractivity contribution is 0.464. The topological polar surface area (TPSA) is 3.24 Å². The monoisotopic (exact) mass is 251 g/mol. The van der Waals surface area contributed by atoms with Crippen molar-refractivity contribution in [3.63, 3.8) is 0 Å². The highest BCUT2D eigenvalue weighted by Gasteiger charge is 2.20. The summed E-state index contributed by atoms with van der Waals surface area (Å²) in [6.45, 7) is 6.06. The highest BCUT2D eigenvalue weighted by molar-refractivity contribution is 5.40. The van der Waals surface area contributed by atoms with Gasteiger partial charge in [0.1, 0.15) is 11.6 Å². The Kier molecular flexibility index (Phi) is 4.48. The van der Waals surface area contributed by atoms with E-state index in [-0.39, 0.29) is 5.56 Å². The Morgan fingerprint density at radius 1 is 1.11 bits per heavy atom. The SMILES string of the molecule is CN(C)CC#Cc1cc(F)c(C(C)(C)C)cc1F. The molecule has 0 spiro atoms. The summed E-state index contributed by atoms with van der Waals surface area (Å²) in [7, 11) is 3.74. The molecule has 0 saturated heterocycles. The van der Waals surface area contributed by atoms with Crippen LogP contribution in [0.1, 0.15) is 31.9 Å². The van der Waals surface area contributed by atoms with Gasteiger partial charge >= 0.3 is 0 Å². The maximum absolute atomic E-state index is 13.9. The minimum Gasteiger partial charge on any atom is -0.299 e. The van der Waals surface area contributed by atoms with Crippen molar-refractivity contribution in [3.8, 4) is 11.8 Å². The molecule has 1 nitrogen and oxygen atoms in total. The Bertz CT molecular complexity index is 488. The maximum atomic E-state index is 13.9. The normalized spacial score (nSPS) is 11.3. The van der Waals surface area contributed by atoms with Gasteiger partial charge < -0.3 is 0 Å². The van der Waals surface area contributed by atoms with E-state index in [1.807, 2.05) is 39.8 Å². The first-order chi connectivity index (χ1) is 8.21. The number of nitrogens with zero attached hydrogens (tertiary/aromatic N) is 1. The molecule has 0 aliphatic carbocycles. The van der Waals surface area contributed by atoms with Crippen LogP contribution in [0.3, 0.4) is 0 Å². The van der Waals surface area contributed by atoms with Gasteiger partial charge in [0.15, 0.2) is 0 Å². The molecular formula is C15H19F2N. The molecule has 0 amide bonds. The molecule has 0 bridgehead atoms. The fraction of sp³-hybridized carbons (Fsp3) is 0.467. The average Bonchev–Trinajstić information content (AvgIpc) is 2.20. The van der Waals surface area contributed by atoms with Crippen LogP contribution in [0.25, 0.3) is 0 Å². The Hall–Kier alpha value is -1.40. The van der Waals surface area contributed by atoms with Crippen LogP contribution >= 0.6 is 0 Å². The number of halogens is 2. The zero-order chi connectivity index (χ0) is 13.9. The first kappa shape index (κ1) is 14.7. The molecule has 0 heterocycles. The molecule has 0 fully saturated rings. The summed E-state index contributed by atoms with van der Waals surface area (Å²) >= 11 is 0. The van der Waals surface area contributed by atoms with E-state index in [1.165, 1.54) is 12.1 Å². The van der Waals surface area contributed by atoms with E-state index < -0.39 is 17.0 Å². The molecule has 0 aliphatic rings. The van der Waals surface area contributed by atoms with Crippen molar-refractivity contribution in [1.29, 1.82) is 0 Å². The summed E-state index contributed by atoms with van der Waals surface area (Å²) in [6.07, 6.45) is 0. The summed E-state index contributed by atoms with van der Waals surface area (Å²) in [4.78, 5) is 1.87. The van der Waals surface area contributed by atoms with Gasteiger partial charge in [0.2, 0.25) is 0 Å². The lowest BCUT2D eigenvalue weighted by atomic mass is 9.86. The number of benzene rings is 1. The lowest BCUT2D eigenvalue weighted by Crippen LogP contribution is -2.14. The average molecular weight is 251 g/mol. The summed E-state index contributed by atoms with van der Waals surface area (Å²) in [5.74, 6) is 4.58. The van der Waals surface area contributed by atoms with Crippen LogP contribution in [0.4, 0.5) is 8.78 Å². The van der Waals surface area contributed by atoms with Crippen LogP contribution in [0.2, 0.25) is 0 Å². The van der Waals surface area contributed by atoms with Crippen LogP contribution in [-0.2, 0) is 5.41 Å². The summed E-state index contributed by atoms with van der Waals surface area (Å²) in [5.41, 5.74) is 0.0704. The van der Waals surface area contributed by atoms with E-state index >= 15 is 0 Å². The second-order valence-electron chi connectivity index (χ2n) is 5.60. The molecule has 0 radical (unpaired) electrons. The fourth-order valence-electron chi connectivity index (χ4n) is 1.51. The quantitative estimate of drug-likeness (QED) is 0.693. The van der Waals surface area contributed by atoms with Crippen LogP contribution in [-0.4, -0.2) is 25.5 Å². The fourth-order valence-corrected chi connectivity index (χ4v) is 1.51. The van der Waals surface area contributed by atoms with Crippen LogP contribution < -0.4 is 0 Å². The van der Waals surface area contributed by atoms with E-state index in [9.17, 15) is 8.78 Å². The van der Waals surface area contributed by atoms with Crippen molar-refractivity contribution in [1.82, 2.24) is 4.90 Å². The van der Waals surface area contributed by atoms with Crippen molar-refractivity contribution < 1.29 is 8.78 Å². The van der Waals surface area contributed by atoms with Crippen LogP contribution in [0, 0.1) is 23.5 Å². The largest absolute Gasteiger partial charge is 0.299 e. The van der Waals surface area contributed by atoms with Gasteiger partial charge in [-0.3, -0.25) is 4.90 Å². The minimum absolute atomic E-state index is 0.113. The second kappa shape index (κ2) is 5.49. The minimum atomic E-state index is -0.465. The number of rotatable bonds is 1. The van der Waals surface area contributed by atoms with E-state index in [1.54, 1.807) is 0 Å². The Labute approximate surface area is 108 Å². The van der Waals surface area contributed by atoms with Gasteiger partial charge in [-0.25, -0.2) is 8.78 Å². The summed E-state index contributed by atoms with van der Waals surface area (Å²) < 4.78 is 27.7. The van der Waals surface area contributed by atoms with Gasteiger partial charge in [-0.1, -0.05) is 32.6 Å². The van der Waals surface area contributed by atoms with Crippen LogP contribution in [0.5, 0.6) is 0 Å². The molecule has 1 aromatic rings. The molecule has 0 unspecified atom stereocenters. The third-order valence-corrected chi connectivity index (χ3v) is 2.48. The first-order valence-electron chi connectivity index (χ1n) is 5.85. The third-order valence-electron chi connectivity index (χ3n) is 2.48. The Morgan fingerprint density at radius 2 is 1.72 bits per heavy atom. The van der Waals surface area contributed by atoms with E-state index in [2.05, 4.69) is 11.8 Å². The number of hydrogen-bond donors (Lipinski definition) is 0. The second-order valence-corrected chi connectivity index (χ2v) is 5.60. The zero-order valence-electron chi connectivity index (χ0n) is 11.6. The maximum Gasteiger partial charge on any atom is 0.139 e. The first-order valence-corrected chi connectivity index (χ1v) is 5.85. The molecule has 0 atom stereocenters. The van der Waals surface area contributed by atoms with E-state index in [0.29, 0.717) is 12.1 Å². The molecule has 1 aromatic carbocycles. The third kappa shape index (κ3) is 3.82. The molecule has 0 saturated carbocycles. The van der Waals surface area contributed by atoms with Gasteiger partial charge in [0.05, 0.1) is 12.1 Å². The van der Waals surface area contributed by atoms with E-state index in [4.69, 9.17) is 0 Å². The summed E-state index contributed by atoms with van der Waals surface area (Å²) in [6, 6.07) is 2.42. The smallest absolute Gasteiger partial charge is 0.139 e. The molecule has 0 aliphatic heterocycles. The van der Waals surface area contributed by atoms with Crippen molar-refractivity contribution >= 4 is 0 Å². The van der Waals surface area contributed by atoms with Gasteiger partial charge in [-0.05, 0) is 37.2 Å². The Balaban J connectivity index is 3.11. The highest BCUT2D eigenvalue weighted by Crippen LogP contribution is 2.26. The molecule has 18 heavy (non-hydrogen) atoms. The number of hydrogen-bond acceptors (Lipinski definition) is 1. The Morgan fingerprint density at radius 3 is 2.22 bits per heavy atom. The molecule has 0 N–H and O–H groups in total. The van der Waals surface area contributed by atoms with Crippen LogP contribution in [0.15, 0.2) is 12.1 Å². The predicted octanol–water partition coefficient (Wildman–Crippen LogP) is 3.18. The molecule has 3 heteroatoms. The summed E-state index contributed by atoms with van der Waals surface area (Å²) in [5, 5.41) is 0. The predicted molar refractivity (Wildman–Crippen MR) is 70.5 cm³/mol. The van der Waals surface area contributed by atoms with Crippen molar-refractivity contribution in [2.45, 2.75) is 26.2 Å². The van der Waals surface area contributed by atoms with Gasteiger partial charge in [0.25, 0.3) is 0 Å². The molecule has 98 valence electrons.